The minimum Gasteiger partial charge on any atom is -0.452 e. The molecule has 0 aromatic carbocycles. The van der Waals surface area contributed by atoms with Crippen LogP contribution in [0.1, 0.15) is 174 Å². The van der Waals surface area contributed by atoms with Crippen molar-refractivity contribution in [3.8, 4) is 0 Å². The first-order valence-electron chi connectivity index (χ1n) is 17.7. The Kier molecular flexibility index (Phi) is 29.3. The number of aldehydes is 1. The first-order chi connectivity index (χ1) is 20.4. The van der Waals surface area contributed by atoms with E-state index in [9.17, 15) is 24.9 Å². The van der Waals surface area contributed by atoms with Gasteiger partial charge in [-0.05, 0) is 18.8 Å². The Labute approximate surface area is 258 Å². The molecule has 0 aliphatic heterocycles. The standard InChI is InChI=1S/C35H68O7/c1-3-5-7-9-11-13-15-16-18-20-22-24-26-30(25-23-21-19-17-14-12-10-8-6-4-2)27-33(39)42-32(29-37)35(41)34(40)31(38)28-36/h29-32,34-36,38,40-41H,3-28H2,1-2H3/t30?,31-,32+,34-,35-/m1/s1. The summed E-state index contributed by atoms with van der Waals surface area (Å²) in [6.07, 6.45) is 23.5. The molecule has 0 radical (unpaired) electrons. The van der Waals surface area contributed by atoms with Crippen molar-refractivity contribution in [2.45, 2.75) is 199 Å². The van der Waals surface area contributed by atoms with E-state index in [2.05, 4.69) is 13.8 Å². The molecule has 0 rings (SSSR count). The van der Waals surface area contributed by atoms with Crippen LogP contribution in [-0.4, -0.2) is 63.7 Å². The second-order valence-electron chi connectivity index (χ2n) is 12.5. The van der Waals surface area contributed by atoms with Gasteiger partial charge in [0.2, 0.25) is 0 Å². The van der Waals surface area contributed by atoms with Gasteiger partial charge in [-0.1, -0.05) is 155 Å². The summed E-state index contributed by atoms with van der Waals surface area (Å²) in [6.45, 7) is 3.71. The minimum atomic E-state index is -1.80. The Balaban J connectivity index is 4.49. The number of aliphatic hydroxyl groups is 4. The molecule has 7 heteroatoms. The molecule has 0 saturated heterocycles. The minimum absolute atomic E-state index is 0.159. The van der Waals surface area contributed by atoms with Crippen molar-refractivity contribution < 1.29 is 34.8 Å². The van der Waals surface area contributed by atoms with Gasteiger partial charge in [0.25, 0.3) is 0 Å². The lowest BCUT2D eigenvalue weighted by molar-refractivity contribution is -0.169. The highest BCUT2D eigenvalue weighted by atomic mass is 16.6. The number of ether oxygens (including phenoxy) is 1. The van der Waals surface area contributed by atoms with Crippen LogP contribution in [0.5, 0.6) is 0 Å². The summed E-state index contributed by atoms with van der Waals surface area (Å²) in [6, 6.07) is 0. The maximum atomic E-state index is 12.7. The van der Waals surface area contributed by atoms with Gasteiger partial charge in [-0.25, -0.2) is 0 Å². The topological polar surface area (TPSA) is 124 Å². The lowest BCUT2D eigenvalue weighted by Crippen LogP contribution is -2.48. The third-order valence-electron chi connectivity index (χ3n) is 8.56. The molecule has 0 heterocycles. The van der Waals surface area contributed by atoms with E-state index < -0.39 is 37.0 Å². The Morgan fingerprint density at radius 1 is 0.595 bits per heavy atom. The molecule has 42 heavy (non-hydrogen) atoms. The summed E-state index contributed by atoms with van der Waals surface area (Å²) in [5.41, 5.74) is 0. The molecule has 0 spiro atoms. The molecular formula is C35H68O7. The molecule has 0 amide bonds. The number of esters is 1. The second-order valence-corrected chi connectivity index (χ2v) is 12.5. The third kappa shape index (κ3) is 23.4. The van der Waals surface area contributed by atoms with E-state index in [4.69, 9.17) is 9.84 Å². The maximum Gasteiger partial charge on any atom is 0.306 e. The van der Waals surface area contributed by atoms with Gasteiger partial charge in [0, 0.05) is 6.42 Å². The SMILES string of the molecule is CCCCCCCCCCCCCCC(CCCCCCCCCCCC)CC(=O)O[C@@H](C=O)[C@@H](O)[C@H](O)[C@H](O)CO. The fourth-order valence-electron chi connectivity index (χ4n) is 5.69. The van der Waals surface area contributed by atoms with Gasteiger partial charge in [0.1, 0.15) is 18.3 Å². The fourth-order valence-corrected chi connectivity index (χ4v) is 5.69. The van der Waals surface area contributed by atoms with Gasteiger partial charge < -0.3 is 25.2 Å². The second kappa shape index (κ2) is 30.0. The summed E-state index contributed by atoms with van der Waals surface area (Å²) in [4.78, 5) is 24.2. The normalized spacial score (nSPS) is 15.2. The van der Waals surface area contributed by atoms with E-state index >= 15 is 0 Å². The molecule has 250 valence electrons. The average Bonchev–Trinajstić information content (AvgIpc) is 2.99. The lowest BCUT2D eigenvalue weighted by Gasteiger charge is -2.26. The molecule has 0 aromatic heterocycles. The Morgan fingerprint density at radius 2 is 0.952 bits per heavy atom. The van der Waals surface area contributed by atoms with Crippen LogP contribution >= 0.6 is 0 Å². The number of unbranched alkanes of at least 4 members (excludes halogenated alkanes) is 20. The summed E-state index contributed by atoms with van der Waals surface area (Å²) in [7, 11) is 0. The first kappa shape index (κ1) is 41.0. The van der Waals surface area contributed by atoms with Crippen molar-refractivity contribution in [3.63, 3.8) is 0 Å². The largest absolute Gasteiger partial charge is 0.452 e. The summed E-state index contributed by atoms with van der Waals surface area (Å²) in [5.74, 6) is -0.417. The fraction of sp³-hybridized carbons (Fsp3) is 0.943. The number of rotatable bonds is 32. The highest BCUT2D eigenvalue weighted by Crippen LogP contribution is 2.24. The van der Waals surface area contributed by atoms with E-state index in [0.717, 1.165) is 38.5 Å². The predicted octanol–water partition coefficient (Wildman–Crippen LogP) is 7.58. The zero-order valence-corrected chi connectivity index (χ0v) is 27.4. The van der Waals surface area contributed by atoms with Crippen molar-refractivity contribution in [1.29, 1.82) is 0 Å². The summed E-state index contributed by atoms with van der Waals surface area (Å²) >= 11 is 0. The molecule has 0 aliphatic rings. The first-order valence-corrected chi connectivity index (χ1v) is 17.7. The number of aliphatic hydroxyl groups excluding tert-OH is 4. The Morgan fingerprint density at radius 3 is 1.29 bits per heavy atom. The number of carbonyl (C=O) groups is 2. The van der Waals surface area contributed by atoms with Crippen LogP contribution in [0.25, 0.3) is 0 Å². The molecular weight excluding hydrogens is 532 g/mol. The monoisotopic (exact) mass is 600 g/mol. The zero-order valence-electron chi connectivity index (χ0n) is 27.4. The van der Waals surface area contributed by atoms with E-state index in [0.29, 0.717) is 0 Å². The number of carbonyl (C=O) groups excluding carboxylic acids is 2. The van der Waals surface area contributed by atoms with Gasteiger partial charge >= 0.3 is 5.97 Å². The number of hydrogen-bond acceptors (Lipinski definition) is 7. The average molecular weight is 601 g/mol. The van der Waals surface area contributed by atoms with Crippen molar-refractivity contribution in [2.24, 2.45) is 5.92 Å². The summed E-state index contributed by atoms with van der Waals surface area (Å²) in [5, 5.41) is 38.6. The maximum absolute atomic E-state index is 12.7. The Bertz CT molecular complexity index is 600. The molecule has 0 fully saturated rings. The van der Waals surface area contributed by atoms with Crippen LogP contribution in [-0.2, 0) is 14.3 Å². The molecule has 0 aliphatic carbocycles. The zero-order chi connectivity index (χ0) is 31.3. The molecule has 5 atom stereocenters. The van der Waals surface area contributed by atoms with Crippen LogP contribution in [0.15, 0.2) is 0 Å². The van der Waals surface area contributed by atoms with E-state index in [1.54, 1.807) is 0 Å². The van der Waals surface area contributed by atoms with Gasteiger partial charge in [0.05, 0.1) is 6.61 Å². The van der Waals surface area contributed by atoms with E-state index in [1.807, 2.05) is 0 Å². The predicted molar refractivity (Wildman–Crippen MR) is 171 cm³/mol. The molecule has 1 unspecified atom stereocenters. The van der Waals surface area contributed by atoms with Crippen molar-refractivity contribution in [3.05, 3.63) is 0 Å². The summed E-state index contributed by atoms with van der Waals surface area (Å²) < 4.78 is 5.21. The van der Waals surface area contributed by atoms with E-state index in [-0.39, 0.29) is 18.6 Å². The van der Waals surface area contributed by atoms with Crippen LogP contribution in [0.2, 0.25) is 0 Å². The molecule has 4 N–H and O–H groups in total. The number of hydrogen-bond donors (Lipinski definition) is 4. The molecule has 0 aromatic rings. The third-order valence-corrected chi connectivity index (χ3v) is 8.56. The lowest BCUT2D eigenvalue weighted by atomic mass is 9.91. The van der Waals surface area contributed by atoms with E-state index in [1.165, 1.54) is 116 Å². The van der Waals surface area contributed by atoms with Crippen LogP contribution in [0.3, 0.4) is 0 Å². The molecule has 0 saturated carbocycles. The quantitative estimate of drug-likeness (QED) is 0.0356. The highest BCUT2D eigenvalue weighted by Gasteiger charge is 2.33. The van der Waals surface area contributed by atoms with Crippen LogP contribution in [0.4, 0.5) is 0 Å². The van der Waals surface area contributed by atoms with Gasteiger partial charge in [0.15, 0.2) is 12.4 Å². The van der Waals surface area contributed by atoms with Crippen molar-refractivity contribution in [2.75, 3.05) is 6.61 Å². The van der Waals surface area contributed by atoms with Crippen LogP contribution < -0.4 is 0 Å². The van der Waals surface area contributed by atoms with Gasteiger partial charge in [-0.2, -0.15) is 0 Å². The van der Waals surface area contributed by atoms with Gasteiger partial charge in [-0.15, -0.1) is 0 Å². The molecule has 0 bridgehead atoms. The highest BCUT2D eigenvalue weighted by molar-refractivity contribution is 5.73. The van der Waals surface area contributed by atoms with Crippen LogP contribution in [0, 0.1) is 5.92 Å². The van der Waals surface area contributed by atoms with Gasteiger partial charge in [-0.3, -0.25) is 9.59 Å². The molecule has 7 nitrogen and oxygen atoms in total. The van der Waals surface area contributed by atoms with Crippen molar-refractivity contribution in [1.82, 2.24) is 0 Å². The smallest absolute Gasteiger partial charge is 0.306 e. The van der Waals surface area contributed by atoms with Crippen molar-refractivity contribution >= 4 is 12.3 Å². The Hall–Kier alpha value is -1.02.